The summed E-state index contributed by atoms with van der Waals surface area (Å²) in [6, 6.07) is 8.92. The maximum absolute atomic E-state index is 11.2. The summed E-state index contributed by atoms with van der Waals surface area (Å²) >= 11 is 0. The van der Waals surface area contributed by atoms with Gasteiger partial charge in [0.25, 0.3) is 0 Å². The fraction of sp³-hybridized carbons (Fsp3) is 0.500. The minimum atomic E-state index is -0.318. The highest BCUT2D eigenvalue weighted by molar-refractivity contribution is 5.77. The molecule has 3 nitrogen and oxygen atoms in total. The van der Waals surface area contributed by atoms with Crippen molar-refractivity contribution >= 4 is 11.0 Å². The highest BCUT2D eigenvalue weighted by Gasteiger charge is 2.38. The molecule has 2 aliphatic carbocycles. The van der Waals surface area contributed by atoms with Crippen molar-refractivity contribution in [3.8, 4) is 5.75 Å². The Morgan fingerprint density at radius 3 is 2.86 bits per heavy atom. The highest BCUT2D eigenvalue weighted by atomic mass is 16.5. The van der Waals surface area contributed by atoms with Crippen molar-refractivity contribution in [1.29, 1.82) is 0 Å². The van der Waals surface area contributed by atoms with Crippen LogP contribution in [0.15, 0.2) is 39.5 Å². The van der Waals surface area contributed by atoms with Crippen LogP contribution in [0.1, 0.15) is 32.1 Å². The van der Waals surface area contributed by atoms with Crippen molar-refractivity contribution in [2.75, 3.05) is 6.61 Å². The second-order valence-electron chi connectivity index (χ2n) is 6.53. The van der Waals surface area contributed by atoms with Crippen LogP contribution in [0, 0.1) is 17.8 Å². The molecule has 2 aromatic rings. The normalized spacial score (nSPS) is 27.3. The summed E-state index contributed by atoms with van der Waals surface area (Å²) in [5, 5.41) is 0.926. The third kappa shape index (κ3) is 2.57. The summed E-state index contributed by atoms with van der Waals surface area (Å²) in [7, 11) is 0. The van der Waals surface area contributed by atoms with E-state index in [1.54, 1.807) is 6.07 Å². The quantitative estimate of drug-likeness (QED) is 0.797. The Labute approximate surface area is 123 Å². The molecule has 0 N–H and O–H groups in total. The minimum absolute atomic E-state index is 0.318. The Kier molecular flexibility index (Phi) is 3.21. The van der Waals surface area contributed by atoms with Crippen molar-refractivity contribution in [1.82, 2.24) is 0 Å². The van der Waals surface area contributed by atoms with Gasteiger partial charge in [0.1, 0.15) is 11.3 Å². The van der Waals surface area contributed by atoms with Gasteiger partial charge >= 0.3 is 5.63 Å². The third-order valence-corrected chi connectivity index (χ3v) is 5.24. The van der Waals surface area contributed by atoms with Crippen molar-refractivity contribution < 1.29 is 9.15 Å². The Balaban J connectivity index is 1.39. The molecule has 3 unspecified atom stereocenters. The zero-order valence-corrected chi connectivity index (χ0v) is 12.1. The van der Waals surface area contributed by atoms with E-state index in [4.69, 9.17) is 9.15 Å². The lowest BCUT2D eigenvalue weighted by atomic mass is 9.87. The number of hydrogen-bond donors (Lipinski definition) is 0. The first-order valence-electron chi connectivity index (χ1n) is 7.94. The van der Waals surface area contributed by atoms with Crippen molar-refractivity contribution in [2.45, 2.75) is 32.1 Å². The van der Waals surface area contributed by atoms with E-state index in [9.17, 15) is 4.79 Å². The van der Waals surface area contributed by atoms with E-state index >= 15 is 0 Å². The molecule has 2 aliphatic rings. The van der Waals surface area contributed by atoms with E-state index in [2.05, 4.69) is 0 Å². The molecule has 21 heavy (non-hydrogen) atoms. The van der Waals surface area contributed by atoms with E-state index < -0.39 is 0 Å². The molecule has 3 heteroatoms. The summed E-state index contributed by atoms with van der Waals surface area (Å²) in [6.45, 7) is 0.760. The van der Waals surface area contributed by atoms with Gasteiger partial charge in [0.2, 0.25) is 0 Å². The zero-order valence-electron chi connectivity index (χ0n) is 12.1. The zero-order chi connectivity index (χ0) is 14.2. The Morgan fingerprint density at radius 1 is 1.14 bits per heavy atom. The van der Waals surface area contributed by atoms with Crippen molar-refractivity contribution in [3.63, 3.8) is 0 Å². The standard InChI is InChI=1S/C18H20O3/c19-18-6-4-13-3-5-16(11-17(13)21-18)20-8-7-15-10-12-1-2-14(15)9-12/h3-6,11-12,14-15H,1-2,7-10H2. The lowest BCUT2D eigenvalue weighted by Gasteiger charge is -2.21. The van der Waals surface area contributed by atoms with Gasteiger partial charge in [-0.2, -0.15) is 0 Å². The first kappa shape index (κ1) is 12.9. The first-order valence-corrected chi connectivity index (χ1v) is 7.94. The van der Waals surface area contributed by atoms with Gasteiger partial charge in [0, 0.05) is 17.5 Å². The second kappa shape index (κ2) is 5.21. The van der Waals surface area contributed by atoms with Crippen molar-refractivity contribution in [3.05, 3.63) is 40.8 Å². The number of hydrogen-bond acceptors (Lipinski definition) is 3. The lowest BCUT2D eigenvalue weighted by molar-refractivity contribution is 0.234. The molecule has 0 saturated heterocycles. The molecule has 2 saturated carbocycles. The molecule has 1 aromatic carbocycles. The topological polar surface area (TPSA) is 39.4 Å². The fourth-order valence-electron chi connectivity index (χ4n) is 4.19. The van der Waals surface area contributed by atoms with Gasteiger partial charge in [-0.05, 0) is 61.6 Å². The van der Waals surface area contributed by atoms with Crippen LogP contribution in [0.25, 0.3) is 11.0 Å². The maximum Gasteiger partial charge on any atom is 0.336 e. The van der Waals surface area contributed by atoms with Gasteiger partial charge in [-0.15, -0.1) is 0 Å². The molecule has 3 atom stereocenters. The van der Waals surface area contributed by atoms with Crippen molar-refractivity contribution in [2.24, 2.45) is 17.8 Å². The Hall–Kier alpha value is -1.77. The number of rotatable bonds is 4. The Morgan fingerprint density at radius 2 is 2.05 bits per heavy atom. The fourth-order valence-corrected chi connectivity index (χ4v) is 4.19. The number of benzene rings is 1. The minimum Gasteiger partial charge on any atom is -0.493 e. The third-order valence-electron chi connectivity index (χ3n) is 5.24. The SMILES string of the molecule is O=c1ccc2ccc(OCCC3CC4CCC3C4)cc2o1. The smallest absolute Gasteiger partial charge is 0.336 e. The van der Waals surface area contributed by atoms with E-state index in [1.165, 1.54) is 31.7 Å². The predicted molar refractivity (Wildman–Crippen MR) is 81.5 cm³/mol. The average molecular weight is 284 g/mol. The van der Waals surface area contributed by atoms with Crippen LogP contribution >= 0.6 is 0 Å². The summed E-state index contributed by atoms with van der Waals surface area (Å²) in [5.41, 5.74) is 0.279. The van der Waals surface area contributed by atoms with Crippen LogP contribution in [0.3, 0.4) is 0 Å². The lowest BCUT2D eigenvalue weighted by Crippen LogP contribution is -2.14. The molecule has 0 aliphatic heterocycles. The first-order chi connectivity index (χ1) is 10.3. The summed E-state index contributed by atoms with van der Waals surface area (Å²) < 4.78 is 11.0. The molecule has 0 amide bonds. The molecule has 4 rings (SSSR count). The predicted octanol–water partition coefficient (Wildman–Crippen LogP) is 4.00. The van der Waals surface area contributed by atoms with E-state index in [-0.39, 0.29) is 5.63 Å². The average Bonchev–Trinajstić information content (AvgIpc) is 3.09. The van der Waals surface area contributed by atoms with Gasteiger partial charge < -0.3 is 9.15 Å². The van der Waals surface area contributed by atoms with Crippen LogP contribution in [0.5, 0.6) is 5.75 Å². The van der Waals surface area contributed by atoms with Gasteiger partial charge in [-0.1, -0.05) is 6.42 Å². The van der Waals surface area contributed by atoms with Crippen LogP contribution in [0.2, 0.25) is 0 Å². The largest absolute Gasteiger partial charge is 0.493 e. The molecule has 1 heterocycles. The van der Waals surface area contributed by atoms with E-state index in [0.717, 1.165) is 41.9 Å². The molecule has 110 valence electrons. The molecule has 0 radical (unpaired) electrons. The van der Waals surface area contributed by atoms with Crippen LogP contribution in [0.4, 0.5) is 0 Å². The maximum atomic E-state index is 11.2. The Bertz CT molecular complexity index is 703. The van der Waals surface area contributed by atoms with Crippen LogP contribution in [-0.2, 0) is 0 Å². The van der Waals surface area contributed by atoms with Crippen LogP contribution in [-0.4, -0.2) is 6.61 Å². The summed E-state index contributed by atoms with van der Waals surface area (Å²) in [5.74, 6) is 3.60. The highest BCUT2D eigenvalue weighted by Crippen LogP contribution is 2.49. The molecular formula is C18H20O3. The summed E-state index contributed by atoms with van der Waals surface area (Å²) in [4.78, 5) is 11.2. The molecule has 2 fully saturated rings. The molecule has 0 spiro atoms. The number of fused-ring (bicyclic) bond motifs is 3. The second-order valence-corrected chi connectivity index (χ2v) is 6.53. The van der Waals surface area contributed by atoms with Crippen LogP contribution < -0.4 is 10.4 Å². The van der Waals surface area contributed by atoms with Gasteiger partial charge in [-0.3, -0.25) is 0 Å². The van der Waals surface area contributed by atoms with Gasteiger partial charge in [0.05, 0.1) is 6.61 Å². The molecular weight excluding hydrogens is 264 g/mol. The molecule has 2 bridgehead atoms. The van der Waals surface area contributed by atoms with E-state index in [1.807, 2.05) is 18.2 Å². The van der Waals surface area contributed by atoms with E-state index in [0.29, 0.717) is 5.58 Å². The number of ether oxygens (including phenoxy) is 1. The summed E-state index contributed by atoms with van der Waals surface area (Å²) in [6.07, 6.45) is 6.88. The van der Waals surface area contributed by atoms with Gasteiger partial charge in [0.15, 0.2) is 0 Å². The van der Waals surface area contributed by atoms with Gasteiger partial charge in [-0.25, -0.2) is 4.79 Å². The monoisotopic (exact) mass is 284 g/mol. The molecule has 1 aromatic heterocycles.